The fraction of sp³-hybridized carbons (Fsp3) is 0.938. The van der Waals surface area contributed by atoms with E-state index in [0.29, 0.717) is 6.42 Å². The molecule has 2 aliphatic heterocycles. The number of carbonyl (C=O) groups excluding carboxylic acids is 1. The van der Waals surface area contributed by atoms with Gasteiger partial charge in [-0.15, -0.1) is 0 Å². The van der Waals surface area contributed by atoms with E-state index >= 15 is 0 Å². The minimum Gasteiger partial charge on any atom is -0.465 e. The molecular weight excluding hydrogens is 336 g/mol. The van der Waals surface area contributed by atoms with Crippen LogP contribution in [0.25, 0.3) is 0 Å². The van der Waals surface area contributed by atoms with E-state index in [1.165, 1.54) is 0 Å². The Labute approximate surface area is 145 Å². The van der Waals surface area contributed by atoms with Gasteiger partial charge in [-0.3, -0.25) is 4.79 Å². The van der Waals surface area contributed by atoms with Crippen LogP contribution in [0, 0.1) is 17.8 Å². The molecule has 0 aromatic heterocycles. The van der Waals surface area contributed by atoms with Gasteiger partial charge in [-0.05, 0) is 19.3 Å². The van der Waals surface area contributed by atoms with Crippen molar-refractivity contribution in [2.45, 2.75) is 62.7 Å². The Morgan fingerprint density at radius 3 is 2.56 bits per heavy atom. The van der Waals surface area contributed by atoms with Gasteiger partial charge in [0, 0.05) is 5.92 Å². The smallest absolute Gasteiger partial charge is 0.308 e. The highest BCUT2D eigenvalue weighted by molar-refractivity contribution is 5.73. The zero-order valence-electron chi connectivity index (χ0n) is 14.2. The first kappa shape index (κ1) is 19.0. The summed E-state index contributed by atoms with van der Waals surface area (Å²) in [6, 6.07) is 0. The van der Waals surface area contributed by atoms with Crippen LogP contribution in [0.1, 0.15) is 20.3 Å². The first-order valence-corrected chi connectivity index (χ1v) is 8.53. The molecule has 2 heterocycles. The summed E-state index contributed by atoms with van der Waals surface area (Å²) in [5.41, 5.74) is -1.32. The lowest BCUT2D eigenvalue weighted by atomic mass is 9.79. The quantitative estimate of drug-likeness (QED) is 0.351. The van der Waals surface area contributed by atoms with E-state index in [1.807, 2.05) is 0 Å². The number of aliphatic hydroxyl groups is 5. The SMILES string of the molecule is C[C@H]1C(=O)OC[C@H]2[C@@H]1C[C@H](O[C@H]1O[C@H](CO)[C@@H](O)[C@H](O)[C@H]1O)[C@@]2(C)O. The van der Waals surface area contributed by atoms with E-state index < -0.39 is 49.0 Å². The fourth-order valence-electron chi connectivity index (χ4n) is 4.18. The van der Waals surface area contributed by atoms with Gasteiger partial charge in [-0.1, -0.05) is 6.92 Å². The van der Waals surface area contributed by atoms with Crippen LogP contribution in [-0.4, -0.2) is 87.1 Å². The summed E-state index contributed by atoms with van der Waals surface area (Å²) in [5.74, 6) is -1.14. The molecule has 1 saturated carbocycles. The number of aliphatic hydroxyl groups excluding tert-OH is 4. The van der Waals surface area contributed by atoms with Crippen LogP contribution in [0.15, 0.2) is 0 Å². The molecule has 3 aliphatic rings. The van der Waals surface area contributed by atoms with Gasteiger partial charge in [0.25, 0.3) is 0 Å². The second-order valence-electron chi connectivity index (χ2n) is 7.47. The Hall–Kier alpha value is -0.810. The number of ether oxygens (including phenoxy) is 3. The highest BCUT2D eigenvalue weighted by Crippen LogP contribution is 2.48. The van der Waals surface area contributed by atoms with Crippen molar-refractivity contribution in [2.24, 2.45) is 17.8 Å². The molecule has 9 nitrogen and oxygen atoms in total. The average molecular weight is 362 g/mol. The van der Waals surface area contributed by atoms with E-state index in [9.17, 15) is 30.3 Å². The lowest BCUT2D eigenvalue weighted by Gasteiger charge is -2.42. The molecule has 25 heavy (non-hydrogen) atoms. The second kappa shape index (κ2) is 6.73. The Bertz CT molecular complexity index is 508. The molecule has 9 heteroatoms. The van der Waals surface area contributed by atoms with Crippen molar-refractivity contribution in [1.29, 1.82) is 0 Å². The molecule has 0 radical (unpaired) electrons. The Kier molecular flexibility index (Phi) is 5.11. The molecule has 3 rings (SSSR count). The first-order chi connectivity index (χ1) is 11.7. The molecule has 0 amide bonds. The predicted octanol–water partition coefficient (Wildman–Crippen LogP) is -2.25. The van der Waals surface area contributed by atoms with Crippen LogP contribution < -0.4 is 0 Å². The van der Waals surface area contributed by atoms with Gasteiger partial charge in [-0.25, -0.2) is 0 Å². The molecular formula is C16H26O9. The maximum Gasteiger partial charge on any atom is 0.308 e. The van der Waals surface area contributed by atoms with Crippen molar-refractivity contribution in [3.05, 3.63) is 0 Å². The van der Waals surface area contributed by atoms with Crippen molar-refractivity contribution in [1.82, 2.24) is 0 Å². The van der Waals surface area contributed by atoms with Crippen LogP contribution >= 0.6 is 0 Å². The number of fused-ring (bicyclic) bond motifs is 1. The van der Waals surface area contributed by atoms with Crippen molar-refractivity contribution >= 4 is 5.97 Å². The maximum atomic E-state index is 11.8. The molecule has 0 spiro atoms. The summed E-state index contributed by atoms with van der Waals surface area (Å²) in [5, 5.41) is 49.9. The molecule has 0 unspecified atom stereocenters. The van der Waals surface area contributed by atoms with Crippen LogP contribution in [0.2, 0.25) is 0 Å². The van der Waals surface area contributed by atoms with E-state index in [-0.39, 0.29) is 30.3 Å². The van der Waals surface area contributed by atoms with Crippen molar-refractivity contribution < 1.29 is 44.5 Å². The maximum absolute atomic E-state index is 11.8. The fourth-order valence-corrected chi connectivity index (χ4v) is 4.18. The minimum atomic E-state index is -1.55. The number of cyclic esters (lactones) is 1. The standard InChI is InChI=1S/C16H26O9/c1-6-7-3-10(16(2,22)8(7)5-23-14(6)21)25-15-13(20)12(19)11(18)9(4-17)24-15/h6-13,15,17-20,22H,3-5H2,1-2H3/t6-,7-,8+,9-,10+,11-,12+,13-,15-,16+/m1/s1. The predicted molar refractivity (Wildman–Crippen MR) is 81.0 cm³/mol. The van der Waals surface area contributed by atoms with Gasteiger partial charge < -0.3 is 39.7 Å². The molecule has 3 fully saturated rings. The number of hydrogen-bond acceptors (Lipinski definition) is 9. The van der Waals surface area contributed by atoms with Gasteiger partial charge in [0.2, 0.25) is 0 Å². The summed E-state index contributed by atoms with van der Waals surface area (Å²) < 4.78 is 16.2. The van der Waals surface area contributed by atoms with E-state index in [1.54, 1.807) is 13.8 Å². The van der Waals surface area contributed by atoms with E-state index in [0.717, 1.165) is 0 Å². The number of esters is 1. The first-order valence-electron chi connectivity index (χ1n) is 8.53. The van der Waals surface area contributed by atoms with Crippen LogP contribution in [0.3, 0.4) is 0 Å². The van der Waals surface area contributed by atoms with Gasteiger partial charge in [0.05, 0.1) is 30.8 Å². The lowest BCUT2D eigenvalue weighted by molar-refractivity contribution is -0.321. The topological polar surface area (TPSA) is 146 Å². The summed E-state index contributed by atoms with van der Waals surface area (Å²) in [7, 11) is 0. The van der Waals surface area contributed by atoms with Gasteiger partial charge in [0.1, 0.15) is 24.4 Å². The Balaban J connectivity index is 1.75. The molecule has 0 aromatic carbocycles. The van der Waals surface area contributed by atoms with Gasteiger partial charge in [0.15, 0.2) is 6.29 Å². The van der Waals surface area contributed by atoms with E-state index in [2.05, 4.69) is 0 Å². The molecule has 5 N–H and O–H groups in total. The highest BCUT2D eigenvalue weighted by Gasteiger charge is 2.58. The summed E-state index contributed by atoms with van der Waals surface area (Å²) >= 11 is 0. The lowest BCUT2D eigenvalue weighted by Crippen LogP contribution is -2.60. The monoisotopic (exact) mass is 362 g/mol. The molecule has 0 aromatic rings. The summed E-state index contributed by atoms with van der Waals surface area (Å²) in [6.07, 6.45) is -7.36. The number of hydrogen-bond donors (Lipinski definition) is 5. The third kappa shape index (κ3) is 3.08. The molecule has 1 aliphatic carbocycles. The van der Waals surface area contributed by atoms with Crippen LogP contribution in [0.5, 0.6) is 0 Å². The summed E-state index contributed by atoms with van der Waals surface area (Å²) in [4.78, 5) is 11.8. The van der Waals surface area contributed by atoms with Crippen LogP contribution in [0.4, 0.5) is 0 Å². The van der Waals surface area contributed by atoms with Crippen molar-refractivity contribution in [3.8, 4) is 0 Å². The number of rotatable bonds is 3. The molecule has 144 valence electrons. The third-order valence-corrected chi connectivity index (χ3v) is 5.97. The van der Waals surface area contributed by atoms with Crippen molar-refractivity contribution in [2.75, 3.05) is 13.2 Å². The molecule has 10 atom stereocenters. The molecule has 0 bridgehead atoms. The zero-order valence-corrected chi connectivity index (χ0v) is 14.2. The normalized spacial score (nSPS) is 53.4. The summed E-state index contributed by atoms with van der Waals surface area (Å²) in [6.45, 7) is 2.86. The van der Waals surface area contributed by atoms with Gasteiger partial charge in [-0.2, -0.15) is 0 Å². The highest BCUT2D eigenvalue weighted by atomic mass is 16.7. The van der Waals surface area contributed by atoms with Crippen molar-refractivity contribution in [3.63, 3.8) is 0 Å². The van der Waals surface area contributed by atoms with Crippen LogP contribution in [-0.2, 0) is 19.0 Å². The van der Waals surface area contributed by atoms with Gasteiger partial charge >= 0.3 is 5.97 Å². The number of carbonyl (C=O) groups is 1. The largest absolute Gasteiger partial charge is 0.465 e. The zero-order chi connectivity index (χ0) is 18.5. The Morgan fingerprint density at radius 2 is 1.92 bits per heavy atom. The average Bonchev–Trinajstić information content (AvgIpc) is 2.82. The van der Waals surface area contributed by atoms with E-state index in [4.69, 9.17) is 14.2 Å². The third-order valence-electron chi connectivity index (χ3n) is 5.97. The Morgan fingerprint density at radius 1 is 1.24 bits per heavy atom. The second-order valence-corrected chi connectivity index (χ2v) is 7.47. The minimum absolute atomic E-state index is 0.0926. The molecule has 2 saturated heterocycles.